The van der Waals surface area contributed by atoms with Crippen LogP contribution in [-0.4, -0.2) is 29.4 Å². The lowest BCUT2D eigenvalue weighted by Gasteiger charge is -2.37. The Kier molecular flexibility index (Phi) is 3.29. The molecule has 1 aromatic heterocycles. The fourth-order valence-corrected chi connectivity index (χ4v) is 2.30. The molecule has 1 aliphatic rings. The molecule has 0 spiro atoms. The molecule has 0 aromatic carbocycles. The van der Waals surface area contributed by atoms with Gasteiger partial charge in [0.2, 0.25) is 0 Å². The van der Waals surface area contributed by atoms with Gasteiger partial charge in [0.15, 0.2) is 5.76 Å². The maximum absolute atomic E-state index is 12.2. The number of likely N-dealkylation sites (tertiary alicyclic amines) is 1. The van der Waals surface area contributed by atoms with Crippen LogP contribution in [-0.2, 0) is 0 Å². The van der Waals surface area contributed by atoms with Crippen molar-refractivity contribution in [3.8, 4) is 0 Å². The highest BCUT2D eigenvalue weighted by Gasteiger charge is 2.30. The molecule has 2 unspecified atom stereocenters. The van der Waals surface area contributed by atoms with Crippen molar-refractivity contribution in [2.24, 2.45) is 5.73 Å². The first-order chi connectivity index (χ1) is 7.70. The SMILES string of the molecule is CC(N)C1CCCCN1C(=O)c1ccco1. The Morgan fingerprint density at radius 3 is 3.06 bits per heavy atom. The van der Waals surface area contributed by atoms with E-state index in [0.29, 0.717) is 5.76 Å². The van der Waals surface area contributed by atoms with Gasteiger partial charge in [0.05, 0.1) is 6.26 Å². The summed E-state index contributed by atoms with van der Waals surface area (Å²) >= 11 is 0. The minimum atomic E-state index is -0.0352. The average molecular weight is 222 g/mol. The van der Waals surface area contributed by atoms with E-state index >= 15 is 0 Å². The fraction of sp³-hybridized carbons (Fsp3) is 0.583. The van der Waals surface area contributed by atoms with Crippen molar-refractivity contribution in [2.45, 2.75) is 38.3 Å². The van der Waals surface area contributed by atoms with Crippen molar-refractivity contribution >= 4 is 5.91 Å². The second-order valence-corrected chi connectivity index (χ2v) is 4.40. The van der Waals surface area contributed by atoms with Crippen molar-refractivity contribution in [1.29, 1.82) is 0 Å². The molecule has 4 heteroatoms. The lowest BCUT2D eigenvalue weighted by molar-refractivity contribution is 0.0551. The third-order valence-corrected chi connectivity index (χ3v) is 3.15. The number of hydrogen-bond acceptors (Lipinski definition) is 3. The molecule has 0 bridgehead atoms. The van der Waals surface area contributed by atoms with Gasteiger partial charge < -0.3 is 15.1 Å². The van der Waals surface area contributed by atoms with Crippen LogP contribution in [0.1, 0.15) is 36.7 Å². The molecule has 0 radical (unpaired) electrons. The van der Waals surface area contributed by atoms with Crippen LogP contribution in [0.5, 0.6) is 0 Å². The average Bonchev–Trinajstić information content (AvgIpc) is 2.81. The second-order valence-electron chi connectivity index (χ2n) is 4.40. The molecule has 0 aliphatic carbocycles. The summed E-state index contributed by atoms with van der Waals surface area (Å²) in [5.74, 6) is 0.375. The third kappa shape index (κ3) is 2.11. The number of rotatable bonds is 2. The highest BCUT2D eigenvalue weighted by Crippen LogP contribution is 2.21. The molecular weight excluding hydrogens is 204 g/mol. The summed E-state index contributed by atoms with van der Waals surface area (Å²) < 4.78 is 5.14. The van der Waals surface area contributed by atoms with E-state index in [1.165, 1.54) is 6.26 Å². The van der Waals surface area contributed by atoms with Gasteiger partial charge in [-0.2, -0.15) is 0 Å². The summed E-state index contributed by atoms with van der Waals surface area (Å²) in [6.07, 6.45) is 4.71. The topological polar surface area (TPSA) is 59.5 Å². The molecule has 2 N–H and O–H groups in total. The second kappa shape index (κ2) is 4.70. The Morgan fingerprint density at radius 1 is 1.62 bits per heavy atom. The molecule has 1 amide bonds. The quantitative estimate of drug-likeness (QED) is 0.827. The molecule has 0 saturated carbocycles. The van der Waals surface area contributed by atoms with Gasteiger partial charge in [0.1, 0.15) is 0 Å². The fourth-order valence-electron chi connectivity index (χ4n) is 2.30. The van der Waals surface area contributed by atoms with Gasteiger partial charge in [0, 0.05) is 18.6 Å². The molecular formula is C12H18N2O2. The molecule has 1 aromatic rings. The standard InChI is InChI=1S/C12H18N2O2/c1-9(13)10-5-2-3-7-14(10)12(15)11-6-4-8-16-11/h4,6,8-10H,2-3,5,7,13H2,1H3. The first-order valence-corrected chi connectivity index (χ1v) is 5.80. The summed E-state index contributed by atoms with van der Waals surface area (Å²) in [7, 11) is 0. The largest absolute Gasteiger partial charge is 0.459 e. The summed E-state index contributed by atoms with van der Waals surface area (Å²) in [4.78, 5) is 14.0. The molecule has 88 valence electrons. The van der Waals surface area contributed by atoms with Crippen LogP contribution in [0.15, 0.2) is 22.8 Å². The zero-order valence-electron chi connectivity index (χ0n) is 9.56. The van der Waals surface area contributed by atoms with E-state index in [0.717, 1.165) is 25.8 Å². The Labute approximate surface area is 95.4 Å². The van der Waals surface area contributed by atoms with Crippen LogP contribution in [0.25, 0.3) is 0 Å². The Bertz CT molecular complexity index is 346. The first-order valence-electron chi connectivity index (χ1n) is 5.80. The normalized spacial score (nSPS) is 23.1. The van der Waals surface area contributed by atoms with E-state index in [1.807, 2.05) is 11.8 Å². The number of carbonyl (C=O) groups is 1. The number of nitrogens with two attached hydrogens (primary N) is 1. The minimum absolute atomic E-state index is 0.0132. The van der Waals surface area contributed by atoms with Crippen LogP contribution in [0, 0.1) is 0 Å². The molecule has 2 rings (SSSR count). The number of furan rings is 1. The van der Waals surface area contributed by atoms with Crippen LogP contribution in [0.2, 0.25) is 0 Å². The molecule has 1 aliphatic heterocycles. The molecule has 4 nitrogen and oxygen atoms in total. The van der Waals surface area contributed by atoms with E-state index in [-0.39, 0.29) is 18.0 Å². The van der Waals surface area contributed by atoms with Crippen LogP contribution >= 0.6 is 0 Å². The van der Waals surface area contributed by atoms with Gasteiger partial charge in [-0.1, -0.05) is 0 Å². The lowest BCUT2D eigenvalue weighted by Crippen LogP contribution is -2.51. The van der Waals surface area contributed by atoms with E-state index in [1.54, 1.807) is 12.1 Å². The summed E-state index contributed by atoms with van der Waals surface area (Å²) in [5.41, 5.74) is 5.92. The van der Waals surface area contributed by atoms with Gasteiger partial charge in [0.25, 0.3) is 5.91 Å². The molecule has 2 heterocycles. The molecule has 1 fully saturated rings. The van der Waals surface area contributed by atoms with E-state index < -0.39 is 0 Å². The van der Waals surface area contributed by atoms with Crippen molar-refractivity contribution in [3.63, 3.8) is 0 Å². The highest BCUT2D eigenvalue weighted by atomic mass is 16.3. The van der Waals surface area contributed by atoms with Gasteiger partial charge in [-0.3, -0.25) is 4.79 Å². The molecule has 16 heavy (non-hydrogen) atoms. The number of hydrogen-bond donors (Lipinski definition) is 1. The van der Waals surface area contributed by atoms with E-state index in [9.17, 15) is 4.79 Å². The van der Waals surface area contributed by atoms with Gasteiger partial charge >= 0.3 is 0 Å². The van der Waals surface area contributed by atoms with Crippen molar-refractivity contribution in [3.05, 3.63) is 24.2 Å². The van der Waals surface area contributed by atoms with E-state index in [4.69, 9.17) is 10.2 Å². The predicted molar refractivity (Wildman–Crippen MR) is 61.0 cm³/mol. The van der Waals surface area contributed by atoms with Gasteiger partial charge in [-0.25, -0.2) is 0 Å². The van der Waals surface area contributed by atoms with Gasteiger partial charge in [-0.05, 0) is 38.3 Å². The van der Waals surface area contributed by atoms with Crippen molar-refractivity contribution < 1.29 is 9.21 Å². The van der Waals surface area contributed by atoms with Crippen LogP contribution < -0.4 is 5.73 Å². The smallest absolute Gasteiger partial charge is 0.289 e. The maximum Gasteiger partial charge on any atom is 0.289 e. The Morgan fingerprint density at radius 2 is 2.44 bits per heavy atom. The molecule has 1 saturated heterocycles. The lowest BCUT2D eigenvalue weighted by atomic mass is 9.96. The third-order valence-electron chi connectivity index (χ3n) is 3.15. The summed E-state index contributed by atoms with van der Waals surface area (Å²) in [5, 5.41) is 0. The zero-order valence-corrected chi connectivity index (χ0v) is 9.56. The van der Waals surface area contributed by atoms with Crippen LogP contribution in [0.3, 0.4) is 0 Å². The predicted octanol–water partition coefficient (Wildman–Crippen LogP) is 1.62. The van der Waals surface area contributed by atoms with Gasteiger partial charge in [-0.15, -0.1) is 0 Å². The van der Waals surface area contributed by atoms with Crippen molar-refractivity contribution in [1.82, 2.24) is 4.90 Å². The highest BCUT2D eigenvalue weighted by molar-refractivity contribution is 5.91. The van der Waals surface area contributed by atoms with Crippen LogP contribution in [0.4, 0.5) is 0 Å². The maximum atomic E-state index is 12.2. The Balaban J connectivity index is 2.14. The summed E-state index contributed by atoms with van der Waals surface area (Å²) in [6.45, 7) is 2.74. The summed E-state index contributed by atoms with van der Waals surface area (Å²) in [6, 6.07) is 3.60. The van der Waals surface area contributed by atoms with E-state index in [2.05, 4.69) is 0 Å². The monoisotopic (exact) mass is 222 g/mol. The Hall–Kier alpha value is -1.29. The first kappa shape index (κ1) is 11.2. The number of carbonyl (C=O) groups excluding carboxylic acids is 1. The van der Waals surface area contributed by atoms with Crippen molar-refractivity contribution in [2.75, 3.05) is 6.54 Å². The molecule has 2 atom stereocenters. The zero-order chi connectivity index (χ0) is 11.5. The number of nitrogens with zero attached hydrogens (tertiary/aromatic N) is 1. The number of amides is 1. The minimum Gasteiger partial charge on any atom is -0.459 e. The number of piperidine rings is 1.